The van der Waals surface area contributed by atoms with E-state index < -0.39 is 26.7 Å². The number of nitrogens with one attached hydrogen (secondary N) is 2. The molecule has 0 bridgehead atoms. The molecule has 0 aliphatic heterocycles. The minimum atomic E-state index is -1.23. The van der Waals surface area contributed by atoms with Crippen LogP contribution in [0.5, 0.6) is 0 Å². The summed E-state index contributed by atoms with van der Waals surface area (Å²) in [7, 11) is -1.23. The summed E-state index contributed by atoms with van der Waals surface area (Å²) in [4.78, 5) is 35.8. The molecule has 1 radical (unpaired) electrons. The first-order valence-corrected chi connectivity index (χ1v) is 20.5. The molecule has 0 saturated heterocycles. The average molecular weight is 723 g/mol. The van der Waals surface area contributed by atoms with E-state index in [-0.39, 0.29) is 23.2 Å². The minimum Gasteiger partial charge on any atom is -0.541 e. The molecular formula is C43H56N3O5Si. The minimum absolute atomic E-state index is 0.0384. The molecule has 0 unspecified atom stereocenters. The van der Waals surface area contributed by atoms with Crippen LogP contribution in [0.25, 0.3) is 5.76 Å². The predicted molar refractivity (Wildman–Crippen MR) is 210 cm³/mol. The van der Waals surface area contributed by atoms with Crippen molar-refractivity contribution < 1.29 is 23.5 Å². The topological polar surface area (TPSA) is 103 Å². The van der Waals surface area contributed by atoms with E-state index in [1.807, 2.05) is 101 Å². The van der Waals surface area contributed by atoms with Gasteiger partial charge in [-0.3, -0.25) is 4.79 Å². The van der Waals surface area contributed by atoms with Gasteiger partial charge in [-0.2, -0.15) is 0 Å². The van der Waals surface area contributed by atoms with Crippen LogP contribution in [0.4, 0.5) is 4.79 Å². The Balaban J connectivity index is 1.65. The van der Waals surface area contributed by atoms with E-state index in [1.165, 1.54) is 0 Å². The molecule has 0 aliphatic rings. The predicted octanol–water partition coefficient (Wildman–Crippen LogP) is 9.35. The number of ether oxygens (including phenoxy) is 2. The van der Waals surface area contributed by atoms with Gasteiger partial charge in [0.25, 0.3) is 9.04 Å². The van der Waals surface area contributed by atoms with Gasteiger partial charge in [0.1, 0.15) is 23.8 Å². The number of rotatable bonds is 17. The molecule has 8 nitrogen and oxygen atoms in total. The van der Waals surface area contributed by atoms with Crippen LogP contribution in [0.15, 0.2) is 103 Å². The first kappa shape index (κ1) is 40.3. The number of allylic oxidation sites excluding steroid dienone is 1. The van der Waals surface area contributed by atoms with E-state index in [9.17, 15) is 9.59 Å². The van der Waals surface area contributed by atoms with Gasteiger partial charge < -0.3 is 24.2 Å². The Kier molecular flexibility index (Phi) is 14.6. The number of nitrogens with zero attached hydrogens (tertiary/aromatic N) is 1. The van der Waals surface area contributed by atoms with Crippen molar-refractivity contribution in [2.24, 2.45) is 17.3 Å². The molecule has 3 atom stereocenters. The number of amides is 1. The van der Waals surface area contributed by atoms with Gasteiger partial charge in [0.2, 0.25) is 0 Å². The lowest BCUT2D eigenvalue weighted by Crippen LogP contribution is -2.49. The van der Waals surface area contributed by atoms with Gasteiger partial charge in [0, 0.05) is 18.0 Å². The molecule has 1 amide bonds. The van der Waals surface area contributed by atoms with Crippen LogP contribution < -0.4 is 5.32 Å². The average Bonchev–Trinajstić information content (AvgIpc) is 3.55. The second-order valence-electron chi connectivity index (χ2n) is 15.7. The van der Waals surface area contributed by atoms with E-state index in [0.29, 0.717) is 49.8 Å². The summed E-state index contributed by atoms with van der Waals surface area (Å²) in [5, 5.41) is 3.23. The normalized spacial score (nSPS) is 14.1. The molecule has 4 aromatic rings. The molecule has 0 fully saturated rings. The summed E-state index contributed by atoms with van der Waals surface area (Å²) in [6.45, 7) is 17.0. The summed E-state index contributed by atoms with van der Waals surface area (Å²) in [5.74, 6) is 0.602. The molecule has 1 heterocycles. The monoisotopic (exact) mass is 722 g/mol. The second-order valence-corrected chi connectivity index (χ2v) is 17.7. The van der Waals surface area contributed by atoms with Crippen molar-refractivity contribution in [3.63, 3.8) is 0 Å². The Morgan fingerprint density at radius 3 is 1.90 bits per heavy atom. The van der Waals surface area contributed by atoms with Crippen LogP contribution in [0.2, 0.25) is 13.1 Å². The Morgan fingerprint density at radius 2 is 1.37 bits per heavy atom. The number of ketones is 1. The second kappa shape index (κ2) is 18.8. The van der Waals surface area contributed by atoms with Crippen LogP contribution in [-0.2, 0) is 44.7 Å². The zero-order valence-electron chi connectivity index (χ0n) is 32.1. The molecule has 4 rings (SSSR count). The summed E-state index contributed by atoms with van der Waals surface area (Å²) >= 11 is 0. The number of carbonyl (C=O) groups excluding carboxylic acids is 2. The number of alkyl carbamates (subject to hydrolysis) is 1. The van der Waals surface area contributed by atoms with Gasteiger partial charge in [-0.25, -0.2) is 9.78 Å². The Morgan fingerprint density at radius 1 is 0.808 bits per heavy atom. The molecule has 0 spiro atoms. The SMILES string of the molecule is C[Si](C)OC(=CC(=O)[C@@H](Cc1ccccc1)C[C@H]([C@H](Cc1ccccc1)NC(=O)OC(C)(C)C)C(C)(C)C)c1cnc(COCc2ccccc2)[nH]1. The lowest BCUT2D eigenvalue weighted by Gasteiger charge is -2.39. The number of benzene rings is 3. The molecule has 1 aromatic heterocycles. The third-order valence-corrected chi connectivity index (χ3v) is 9.32. The lowest BCUT2D eigenvalue weighted by atomic mass is 9.69. The number of imidazole rings is 1. The van der Waals surface area contributed by atoms with Crippen molar-refractivity contribution >= 4 is 26.7 Å². The maximum atomic E-state index is 14.6. The third-order valence-electron chi connectivity index (χ3n) is 8.70. The molecule has 0 aliphatic carbocycles. The highest BCUT2D eigenvalue weighted by molar-refractivity contribution is 6.49. The van der Waals surface area contributed by atoms with Gasteiger partial charge in [-0.05, 0) is 81.2 Å². The fourth-order valence-corrected chi connectivity index (χ4v) is 6.89. The molecule has 277 valence electrons. The smallest absolute Gasteiger partial charge is 0.407 e. The van der Waals surface area contributed by atoms with Gasteiger partial charge in [-0.15, -0.1) is 0 Å². The van der Waals surface area contributed by atoms with E-state index in [0.717, 1.165) is 16.7 Å². The standard InChI is InChI=1S/C43H56N3O5Si/c1-42(2,3)35(36(25-32-20-14-10-15-21-32)46-41(48)50-43(4,5)6)26-34(24-31-18-12-9-13-19-31)38(47)27-39(51-52(7)8)37-28-44-40(45-37)30-49-29-33-22-16-11-17-23-33/h9-23,27-28,34-36H,24-26,29-30H2,1-8H3,(H,44,45)(H,46,48)/t34-,35+,36-/m0/s1. The highest BCUT2D eigenvalue weighted by Gasteiger charge is 2.37. The maximum Gasteiger partial charge on any atom is 0.407 e. The molecule has 2 N–H and O–H groups in total. The number of H-pyrrole nitrogens is 1. The largest absolute Gasteiger partial charge is 0.541 e. The van der Waals surface area contributed by atoms with Gasteiger partial charge in [0.05, 0.1) is 18.5 Å². The summed E-state index contributed by atoms with van der Waals surface area (Å²) in [6, 6.07) is 29.9. The first-order chi connectivity index (χ1) is 24.7. The highest BCUT2D eigenvalue weighted by Crippen LogP contribution is 2.37. The molecule has 9 heteroatoms. The molecule has 3 aromatic carbocycles. The van der Waals surface area contributed by atoms with Crippen LogP contribution >= 0.6 is 0 Å². The fourth-order valence-electron chi connectivity index (χ4n) is 6.28. The van der Waals surface area contributed by atoms with Crippen molar-refractivity contribution in [1.82, 2.24) is 15.3 Å². The molecule has 0 saturated carbocycles. The summed E-state index contributed by atoms with van der Waals surface area (Å²) < 4.78 is 18.0. The number of carbonyl (C=O) groups is 2. The van der Waals surface area contributed by atoms with Crippen LogP contribution in [0, 0.1) is 17.3 Å². The van der Waals surface area contributed by atoms with Crippen molar-refractivity contribution in [3.05, 3.63) is 131 Å². The summed E-state index contributed by atoms with van der Waals surface area (Å²) in [5.41, 5.74) is 2.97. The Bertz CT molecular complexity index is 1710. The summed E-state index contributed by atoms with van der Waals surface area (Å²) in [6.07, 6.45) is 4.55. The Labute approximate surface area is 312 Å². The zero-order valence-corrected chi connectivity index (χ0v) is 33.1. The van der Waals surface area contributed by atoms with Gasteiger partial charge >= 0.3 is 6.09 Å². The third kappa shape index (κ3) is 13.6. The number of aromatic amines is 1. The Hall–Kier alpha value is -4.47. The van der Waals surface area contributed by atoms with E-state index >= 15 is 0 Å². The number of hydrogen-bond donors (Lipinski definition) is 2. The zero-order chi connectivity index (χ0) is 37.7. The van der Waals surface area contributed by atoms with E-state index in [2.05, 4.69) is 60.3 Å². The maximum absolute atomic E-state index is 14.6. The number of hydrogen-bond acceptors (Lipinski definition) is 6. The van der Waals surface area contributed by atoms with Crippen LogP contribution in [0.1, 0.15) is 76.2 Å². The quantitative estimate of drug-likeness (QED) is 0.0640. The van der Waals surface area contributed by atoms with Crippen LogP contribution in [0.3, 0.4) is 0 Å². The van der Waals surface area contributed by atoms with Crippen molar-refractivity contribution in [3.8, 4) is 0 Å². The number of aromatic nitrogens is 2. The first-order valence-electron chi connectivity index (χ1n) is 18.1. The molecule has 52 heavy (non-hydrogen) atoms. The fraction of sp³-hybridized carbons (Fsp3) is 0.419. The van der Waals surface area contributed by atoms with Gasteiger partial charge in [-0.1, -0.05) is 112 Å². The van der Waals surface area contributed by atoms with Crippen molar-refractivity contribution in [1.29, 1.82) is 0 Å². The molecular weight excluding hydrogens is 667 g/mol. The highest BCUT2D eigenvalue weighted by atomic mass is 28.3. The van der Waals surface area contributed by atoms with E-state index in [1.54, 1.807) is 12.3 Å². The van der Waals surface area contributed by atoms with Crippen molar-refractivity contribution in [2.45, 2.75) is 98.8 Å². The van der Waals surface area contributed by atoms with Crippen molar-refractivity contribution in [2.75, 3.05) is 0 Å². The lowest BCUT2D eigenvalue weighted by molar-refractivity contribution is -0.119. The van der Waals surface area contributed by atoms with Gasteiger partial charge in [0.15, 0.2) is 5.78 Å². The van der Waals surface area contributed by atoms with Crippen LogP contribution in [-0.4, -0.2) is 42.5 Å². The van der Waals surface area contributed by atoms with E-state index in [4.69, 9.17) is 13.9 Å².